The zero-order chi connectivity index (χ0) is 29.6. The number of hydrogen-bond acceptors (Lipinski definition) is 5. The molecule has 208 valence electrons. The van der Waals surface area contributed by atoms with Crippen molar-refractivity contribution in [2.45, 2.75) is 39.3 Å². The Hall–Kier alpha value is -5.23. The first kappa shape index (κ1) is 28.8. The zero-order valence-corrected chi connectivity index (χ0v) is 23.0. The molecule has 9 heteroatoms. The molecule has 2 heterocycles. The first-order chi connectivity index (χ1) is 19.5. The lowest BCUT2D eigenvalue weighted by atomic mass is 9.85. The van der Waals surface area contributed by atoms with Crippen LogP contribution in [0.1, 0.15) is 38.8 Å². The van der Waals surface area contributed by atoms with Gasteiger partial charge < -0.3 is 20.3 Å². The van der Waals surface area contributed by atoms with Gasteiger partial charge in [0.05, 0.1) is 18.1 Å². The predicted molar refractivity (Wildman–Crippen MR) is 156 cm³/mol. The Bertz CT molecular complexity index is 1560. The highest BCUT2D eigenvalue weighted by Gasteiger charge is 2.35. The number of nitrogens with zero attached hydrogens (tertiary/aromatic N) is 3. The Kier molecular flexibility index (Phi) is 8.63. The van der Waals surface area contributed by atoms with E-state index in [-0.39, 0.29) is 0 Å². The molecule has 0 saturated heterocycles. The molecule has 0 radical (unpaired) electrons. The number of aliphatic carboxylic acids is 1. The molecule has 0 aliphatic heterocycles. The number of carbonyl (C=O) groups excluding carboxylic acids is 2. The van der Waals surface area contributed by atoms with E-state index in [1.54, 1.807) is 53.6 Å². The number of pyridine rings is 1. The molecule has 0 saturated carbocycles. The number of nitrogens with one attached hydrogen (secondary N) is 2. The van der Waals surface area contributed by atoms with Crippen LogP contribution in [-0.2, 0) is 14.4 Å². The second-order valence-corrected chi connectivity index (χ2v) is 10.8. The van der Waals surface area contributed by atoms with Gasteiger partial charge in [0.1, 0.15) is 12.1 Å². The maximum Gasteiger partial charge on any atom is 0.306 e. The van der Waals surface area contributed by atoms with Crippen LogP contribution in [0.2, 0.25) is 0 Å². The average Bonchev–Trinajstić information content (AvgIpc) is 3.44. The first-order valence-electron chi connectivity index (χ1n) is 13.1. The second-order valence-electron chi connectivity index (χ2n) is 10.8. The van der Waals surface area contributed by atoms with Crippen LogP contribution in [0.3, 0.4) is 0 Å². The number of amides is 2. The topological polar surface area (TPSA) is 137 Å². The zero-order valence-electron chi connectivity index (χ0n) is 23.0. The smallest absolute Gasteiger partial charge is 0.306 e. The van der Waals surface area contributed by atoms with Crippen LogP contribution in [0.15, 0.2) is 91.5 Å². The number of nitriles is 1. The van der Waals surface area contributed by atoms with Crippen molar-refractivity contribution in [3.8, 4) is 28.3 Å². The van der Waals surface area contributed by atoms with E-state index in [4.69, 9.17) is 5.26 Å². The van der Waals surface area contributed by atoms with Crippen LogP contribution < -0.4 is 10.6 Å². The lowest BCUT2D eigenvalue weighted by molar-refractivity contribution is -0.141. The third-order valence-electron chi connectivity index (χ3n) is 6.67. The van der Waals surface area contributed by atoms with Crippen LogP contribution in [0.5, 0.6) is 0 Å². The summed E-state index contributed by atoms with van der Waals surface area (Å²) < 4.78 is 1.56. The monoisotopic (exact) mass is 549 g/mol. The van der Waals surface area contributed by atoms with Crippen molar-refractivity contribution in [3.63, 3.8) is 0 Å². The number of carboxylic acids is 1. The summed E-state index contributed by atoms with van der Waals surface area (Å²) in [6, 6.07) is 20.3. The molecular weight excluding hydrogens is 518 g/mol. The van der Waals surface area contributed by atoms with Gasteiger partial charge in [0, 0.05) is 30.5 Å². The SMILES string of the molecule is CC(C)(C)[C@H](NC(=O)C(CC(=O)O)n1ccc(-c2ccc(-c3ccc(C#N)cc3)cc2)c1)C(=O)Nc1ccncc1. The van der Waals surface area contributed by atoms with E-state index < -0.39 is 41.7 Å². The number of carboxylic acid groups (broad SMARTS) is 1. The molecule has 0 aliphatic rings. The Labute approximate surface area is 238 Å². The minimum atomic E-state index is -1.14. The molecule has 3 N–H and O–H groups in total. The van der Waals surface area contributed by atoms with Gasteiger partial charge in [-0.25, -0.2) is 0 Å². The third kappa shape index (κ3) is 7.25. The average molecular weight is 550 g/mol. The van der Waals surface area contributed by atoms with Gasteiger partial charge in [0.15, 0.2) is 0 Å². The molecule has 2 amide bonds. The number of hydrogen-bond donors (Lipinski definition) is 3. The van der Waals surface area contributed by atoms with E-state index in [0.717, 1.165) is 22.3 Å². The van der Waals surface area contributed by atoms with Crippen LogP contribution in [-0.4, -0.2) is 38.5 Å². The molecule has 1 unspecified atom stereocenters. The van der Waals surface area contributed by atoms with Gasteiger partial charge in [0.2, 0.25) is 11.8 Å². The van der Waals surface area contributed by atoms with Crippen molar-refractivity contribution in [2.24, 2.45) is 5.41 Å². The molecule has 0 spiro atoms. The van der Waals surface area contributed by atoms with Crippen molar-refractivity contribution in [1.82, 2.24) is 14.9 Å². The first-order valence-corrected chi connectivity index (χ1v) is 13.1. The fourth-order valence-electron chi connectivity index (χ4n) is 4.43. The van der Waals surface area contributed by atoms with Crippen LogP contribution in [0.4, 0.5) is 5.69 Å². The fraction of sp³-hybridized carbons (Fsp3) is 0.219. The summed E-state index contributed by atoms with van der Waals surface area (Å²) in [5.74, 6) is -2.13. The summed E-state index contributed by atoms with van der Waals surface area (Å²) in [7, 11) is 0. The van der Waals surface area contributed by atoms with Gasteiger partial charge in [-0.3, -0.25) is 19.4 Å². The van der Waals surface area contributed by atoms with Gasteiger partial charge in [0.25, 0.3) is 0 Å². The van der Waals surface area contributed by atoms with Crippen LogP contribution in [0.25, 0.3) is 22.3 Å². The molecule has 41 heavy (non-hydrogen) atoms. The summed E-state index contributed by atoms with van der Waals surface area (Å²) in [5.41, 5.74) is 4.14. The largest absolute Gasteiger partial charge is 0.481 e. The molecule has 4 aromatic rings. The van der Waals surface area contributed by atoms with Gasteiger partial charge >= 0.3 is 5.97 Å². The summed E-state index contributed by atoms with van der Waals surface area (Å²) >= 11 is 0. The number of rotatable bonds is 9. The molecule has 0 bridgehead atoms. The van der Waals surface area contributed by atoms with Gasteiger partial charge in [-0.2, -0.15) is 5.26 Å². The highest BCUT2D eigenvalue weighted by Crippen LogP contribution is 2.28. The van der Waals surface area contributed by atoms with Crippen molar-refractivity contribution in [1.29, 1.82) is 5.26 Å². The molecular formula is C32H31N5O4. The molecule has 2 aromatic carbocycles. The number of aromatic nitrogens is 2. The minimum absolute atomic E-state index is 0.415. The molecule has 4 rings (SSSR count). The lowest BCUT2D eigenvalue weighted by Crippen LogP contribution is -2.53. The van der Waals surface area contributed by atoms with E-state index in [0.29, 0.717) is 11.3 Å². The maximum absolute atomic E-state index is 13.5. The maximum atomic E-state index is 13.5. The Morgan fingerprint density at radius 1 is 0.878 bits per heavy atom. The molecule has 0 fully saturated rings. The van der Waals surface area contributed by atoms with E-state index in [2.05, 4.69) is 21.7 Å². The Balaban J connectivity index is 1.54. The van der Waals surface area contributed by atoms with Gasteiger partial charge in [-0.1, -0.05) is 57.2 Å². The second kappa shape index (κ2) is 12.3. The van der Waals surface area contributed by atoms with E-state index in [1.807, 2.05) is 63.2 Å². The van der Waals surface area contributed by atoms with E-state index >= 15 is 0 Å². The van der Waals surface area contributed by atoms with Gasteiger partial charge in [-0.15, -0.1) is 0 Å². The third-order valence-corrected chi connectivity index (χ3v) is 6.67. The molecule has 2 aromatic heterocycles. The van der Waals surface area contributed by atoms with E-state index in [1.165, 1.54) is 0 Å². The van der Waals surface area contributed by atoms with Crippen molar-refractivity contribution in [2.75, 3.05) is 5.32 Å². The molecule has 2 atom stereocenters. The predicted octanol–water partition coefficient (Wildman–Crippen LogP) is 5.27. The van der Waals surface area contributed by atoms with Crippen LogP contribution >= 0.6 is 0 Å². The summed E-state index contributed by atoms with van der Waals surface area (Å²) in [6.45, 7) is 5.47. The van der Waals surface area contributed by atoms with Gasteiger partial charge in [-0.05, 0) is 58.0 Å². The fourth-order valence-corrected chi connectivity index (χ4v) is 4.43. The summed E-state index contributed by atoms with van der Waals surface area (Å²) in [5, 5.41) is 24.2. The Morgan fingerprint density at radius 3 is 1.98 bits per heavy atom. The normalized spacial score (nSPS) is 12.5. The van der Waals surface area contributed by atoms with Crippen molar-refractivity contribution < 1.29 is 19.5 Å². The molecule has 9 nitrogen and oxygen atoms in total. The standard InChI is InChI=1S/C32H31N5O4/c1-32(2,3)29(31(41)35-26-12-15-34-16-13-26)36-30(40)27(18-28(38)39)37-17-14-25(20-37)24-10-8-23(9-11-24)22-6-4-21(19-33)5-7-22/h4-17,20,27,29H,18H2,1-3H3,(H,36,40)(H,38,39)(H,34,35,41)/t27?,29-/m1/s1. The van der Waals surface area contributed by atoms with Crippen molar-refractivity contribution in [3.05, 3.63) is 97.1 Å². The van der Waals surface area contributed by atoms with E-state index in [9.17, 15) is 19.5 Å². The summed E-state index contributed by atoms with van der Waals surface area (Å²) in [4.78, 5) is 42.3. The molecule has 0 aliphatic carbocycles. The quantitative estimate of drug-likeness (QED) is 0.260. The van der Waals surface area contributed by atoms with Crippen LogP contribution in [0, 0.1) is 16.7 Å². The Morgan fingerprint density at radius 2 is 1.44 bits per heavy atom. The number of benzene rings is 2. The summed E-state index contributed by atoms with van der Waals surface area (Å²) in [6.07, 6.45) is 6.04. The highest BCUT2D eigenvalue weighted by molar-refractivity contribution is 5.98. The highest BCUT2D eigenvalue weighted by atomic mass is 16.4. The van der Waals surface area contributed by atoms with Crippen molar-refractivity contribution >= 4 is 23.5 Å². The number of anilines is 1. The lowest BCUT2D eigenvalue weighted by Gasteiger charge is -2.31. The number of carbonyl (C=O) groups is 3. The minimum Gasteiger partial charge on any atom is -0.481 e.